The fourth-order valence-electron chi connectivity index (χ4n) is 3.43. The molecule has 4 heteroatoms. The Kier molecular flexibility index (Phi) is 5.22. The molecule has 0 aromatic heterocycles. The molecule has 1 spiro atoms. The van der Waals surface area contributed by atoms with Gasteiger partial charge in [-0.3, -0.25) is 0 Å². The molecule has 2 aliphatic rings. The van der Waals surface area contributed by atoms with Crippen LogP contribution in [0.5, 0.6) is 0 Å². The van der Waals surface area contributed by atoms with Gasteiger partial charge < -0.3 is 14.8 Å². The second kappa shape index (κ2) is 7.14. The summed E-state index contributed by atoms with van der Waals surface area (Å²) in [6, 6.07) is 11.2. The predicted molar refractivity (Wildman–Crippen MR) is 86.9 cm³/mol. The average molecular weight is 307 g/mol. The zero-order chi connectivity index (χ0) is 14.5. The Balaban J connectivity index is 1.57. The molecule has 0 saturated carbocycles. The molecule has 2 fully saturated rings. The quantitative estimate of drug-likeness (QED) is 0.847. The topological polar surface area (TPSA) is 30.5 Å². The first-order valence-electron chi connectivity index (χ1n) is 7.88. The van der Waals surface area contributed by atoms with Crippen LogP contribution in [0.4, 0.5) is 0 Å². The van der Waals surface area contributed by atoms with Crippen molar-refractivity contribution >= 4 is 11.8 Å². The van der Waals surface area contributed by atoms with Gasteiger partial charge in [-0.2, -0.15) is 0 Å². The number of thioether (sulfide) groups is 1. The van der Waals surface area contributed by atoms with Crippen molar-refractivity contribution in [3.8, 4) is 0 Å². The highest BCUT2D eigenvalue weighted by Gasteiger charge is 2.42. The highest BCUT2D eigenvalue weighted by Crippen LogP contribution is 2.38. The summed E-state index contributed by atoms with van der Waals surface area (Å²) in [5.41, 5.74) is 0.00936. The Morgan fingerprint density at radius 3 is 2.90 bits per heavy atom. The minimum absolute atomic E-state index is 0.00936. The lowest BCUT2D eigenvalue weighted by Crippen LogP contribution is -2.47. The number of nitrogens with one attached hydrogen (secondary N) is 1. The smallest absolute Gasteiger partial charge is 0.0939 e. The van der Waals surface area contributed by atoms with Crippen molar-refractivity contribution in [2.24, 2.45) is 5.92 Å². The normalized spacial score (nSPS) is 30.6. The fourth-order valence-corrected chi connectivity index (χ4v) is 4.59. The van der Waals surface area contributed by atoms with Crippen molar-refractivity contribution in [3.63, 3.8) is 0 Å². The van der Waals surface area contributed by atoms with E-state index in [4.69, 9.17) is 9.47 Å². The predicted octanol–water partition coefficient (Wildman–Crippen LogP) is 2.95. The molecule has 21 heavy (non-hydrogen) atoms. The van der Waals surface area contributed by atoms with Gasteiger partial charge >= 0.3 is 0 Å². The Bertz CT molecular complexity index is 434. The summed E-state index contributed by atoms with van der Waals surface area (Å²) < 4.78 is 11.6. The van der Waals surface area contributed by atoms with E-state index in [0.717, 1.165) is 44.8 Å². The van der Waals surface area contributed by atoms with Crippen molar-refractivity contribution in [2.45, 2.75) is 35.8 Å². The molecule has 2 heterocycles. The van der Waals surface area contributed by atoms with E-state index >= 15 is 0 Å². The number of hydrogen-bond acceptors (Lipinski definition) is 4. The van der Waals surface area contributed by atoms with Crippen LogP contribution < -0.4 is 5.32 Å². The summed E-state index contributed by atoms with van der Waals surface area (Å²) in [5, 5.41) is 3.53. The van der Waals surface area contributed by atoms with Gasteiger partial charge in [0, 0.05) is 36.3 Å². The van der Waals surface area contributed by atoms with Crippen molar-refractivity contribution < 1.29 is 9.47 Å². The van der Waals surface area contributed by atoms with E-state index < -0.39 is 0 Å². The van der Waals surface area contributed by atoms with Crippen molar-refractivity contribution in [1.29, 1.82) is 0 Å². The van der Waals surface area contributed by atoms with Crippen molar-refractivity contribution in [3.05, 3.63) is 30.3 Å². The average Bonchev–Trinajstić information content (AvgIpc) is 2.97. The Labute approximate surface area is 131 Å². The molecule has 0 amide bonds. The Morgan fingerprint density at radius 1 is 1.33 bits per heavy atom. The maximum atomic E-state index is 6.05. The standard InChI is InChI=1S/C17H25NO2S/c1-18-16(12-21-15-5-3-2-4-6-15)14-7-9-20-17(11-14)8-10-19-13-17/h2-6,14,16,18H,7-13H2,1H3. The van der Waals surface area contributed by atoms with Crippen LogP contribution in [-0.4, -0.2) is 44.3 Å². The fraction of sp³-hybridized carbons (Fsp3) is 0.647. The van der Waals surface area contributed by atoms with Crippen LogP contribution in [0.3, 0.4) is 0 Å². The van der Waals surface area contributed by atoms with Gasteiger partial charge in [-0.25, -0.2) is 0 Å². The second-order valence-corrected chi connectivity index (χ2v) is 7.20. The largest absolute Gasteiger partial charge is 0.378 e. The molecule has 0 radical (unpaired) electrons. The monoisotopic (exact) mass is 307 g/mol. The second-order valence-electron chi connectivity index (χ2n) is 6.11. The highest BCUT2D eigenvalue weighted by atomic mass is 32.2. The van der Waals surface area contributed by atoms with E-state index in [1.165, 1.54) is 4.90 Å². The SMILES string of the molecule is CNC(CSc1ccccc1)C1CCOC2(CCOC2)C1. The lowest BCUT2D eigenvalue weighted by Gasteiger charge is -2.40. The van der Waals surface area contributed by atoms with Crippen LogP contribution in [0, 0.1) is 5.92 Å². The van der Waals surface area contributed by atoms with Crippen molar-refractivity contribution in [1.82, 2.24) is 5.32 Å². The molecular weight excluding hydrogens is 282 g/mol. The number of ether oxygens (including phenoxy) is 2. The lowest BCUT2D eigenvalue weighted by molar-refractivity contribution is -0.101. The summed E-state index contributed by atoms with van der Waals surface area (Å²) in [4.78, 5) is 1.35. The maximum Gasteiger partial charge on any atom is 0.0939 e. The van der Waals surface area contributed by atoms with Crippen LogP contribution in [0.25, 0.3) is 0 Å². The molecule has 2 aliphatic heterocycles. The Hall–Kier alpha value is -0.550. The van der Waals surface area contributed by atoms with Gasteiger partial charge in [-0.05, 0) is 37.9 Å². The lowest BCUT2D eigenvalue weighted by atomic mass is 9.81. The van der Waals surface area contributed by atoms with Crippen LogP contribution in [-0.2, 0) is 9.47 Å². The van der Waals surface area contributed by atoms with Crippen LogP contribution in [0.2, 0.25) is 0 Å². The van der Waals surface area contributed by atoms with Gasteiger partial charge in [0.25, 0.3) is 0 Å². The first-order chi connectivity index (χ1) is 10.3. The van der Waals surface area contributed by atoms with Gasteiger partial charge in [0.15, 0.2) is 0 Å². The molecule has 116 valence electrons. The molecule has 0 bridgehead atoms. The number of hydrogen-bond donors (Lipinski definition) is 1. The Morgan fingerprint density at radius 2 is 2.19 bits per heavy atom. The van der Waals surface area contributed by atoms with Crippen LogP contribution >= 0.6 is 11.8 Å². The third-order valence-electron chi connectivity index (χ3n) is 4.71. The molecule has 1 aromatic carbocycles. The molecule has 1 aromatic rings. The molecule has 0 aliphatic carbocycles. The number of rotatable bonds is 5. The molecule has 3 rings (SSSR count). The molecule has 2 saturated heterocycles. The van der Waals surface area contributed by atoms with E-state index in [2.05, 4.69) is 42.7 Å². The molecular formula is C17H25NO2S. The van der Waals surface area contributed by atoms with E-state index in [1.807, 2.05) is 11.8 Å². The molecule has 3 nitrogen and oxygen atoms in total. The van der Waals surface area contributed by atoms with E-state index in [-0.39, 0.29) is 5.60 Å². The third kappa shape index (κ3) is 3.81. The van der Waals surface area contributed by atoms with Gasteiger partial charge in [0.05, 0.1) is 12.2 Å². The van der Waals surface area contributed by atoms with Crippen molar-refractivity contribution in [2.75, 3.05) is 32.6 Å². The third-order valence-corrected chi connectivity index (χ3v) is 5.84. The van der Waals surface area contributed by atoms with Gasteiger partial charge in [0.2, 0.25) is 0 Å². The highest BCUT2D eigenvalue weighted by molar-refractivity contribution is 7.99. The van der Waals surface area contributed by atoms with E-state index in [9.17, 15) is 0 Å². The maximum absolute atomic E-state index is 6.05. The minimum Gasteiger partial charge on any atom is -0.378 e. The first-order valence-corrected chi connectivity index (χ1v) is 8.87. The zero-order valence-corrected chi connectivity index (χ0v) is 13.5. The van der Waals surface area contributed by atoms with Gasteiger partial charge in [-0.15, -0.1) is 11.8 Å². The summed E-state index contributed by atoms with van der Waals surface area (Å²) in [7, 11) is 2.09. The summed E-state index contributed by atoms with van der Waals surface area (Å²) >= 11 is 1.94. The summed E-state index contributed by atoms with van der Waals surface area (Å²) in [6.07, 6.45) is 3.35. The number of benzene rings is 1. The van der Waals surface area contributed by atoms with Crippen LogP contribution in [0.1, 0.15) is 19.3 Å². The van der Waals surface area contributed by atoms with Gasteiger partial charge in [-0.1, -0.05) is 18.2 Å². The van der Waals surface area contributed by atoms with E-state index in [0.29, 0.717) is 12.0 Å². The molecule has 3 atom stereocenters. The first kappa shape index (κ1) is 15.3. The van der Waals surface area contributed by atoms with E-state index in [1.54, 1.807) is 0 Å². The van der Waals surface area contributed by atoms with Crippen LogP contribution in [0.15, 0.2) is 35.2 Å². The van der Waals surface area contributed by atoms with Gasteiger partial charge in [0.1, 0.15) is 0 Å². The molecule has 3 unspecified atom stereocenters. The summed E-state index contributed by atoms with van der Waals surface area (Å²) in [5.74, 6) is 1.80. The zero-order valence-electron chi connectivity index (χ0n) is 12.7. The summed E-state index contributed by atoms with van der Waals surface area (Å²) in [6.45, 7) is 2.52. The minimum atomic E-state index is 0.00936. The molecule has 1 N–H and O–H groups in total.